The van der Waals surface area contributed by atoms with E-state index in [1.807, 2.05) is 0 Å². The number of hydrogen-bond donors (Lipinski definition) is 1. The highest BCUT2D eigenvalue weighted by molar-refractivity contribution is 6.31. The van der Waals surface area contributed by atoms with Gasteiger partial charge in [-0.2, -0.15) is 0 Å². The molecule has 3 heteroatoms. The lowest BCUT2D eigenvalue weighted by Crippen LogP contribution is -2.02. The third-order valence-electron chi connectivity index (χ3n) is 2.59. The summed E-state index contributed by atoms with van der Waals surface area (Å²) in [5, 5.41) is 0.529. The first-order chi connectivity index (χ1) is 6.22. The van der Waals surface area contributed by atoms with E-state index in [9.17, 15) is 4.39 Å². The summed E-state index contributed by atoms with van der Waals surface area (Å²) in [6.45, 7) is 0.693. The summed E-state index contributed by atoms with van der Waals surface area (Å²) in [5.41, 5.74) is 6.56. The van der Waals surface area contributed by atoms with Gasteiger partial charge in [-0.3, -0.25) is 0 Å². The Labute approximate surface area is 81.7 Å². The second kappa shape index (κ2) is 3.28. The zero-order chi connectivity index (χ0) is 9.42. The number of halogens is 2. The number of benzene rings is 1. The van der Waals surface area contributed by atoms with Gasteiger partial charge in [0.15, 0.2) is 0 Å². The SMILES string of the molecule is NCC1CC1c1ccc(F)cc1Cl. The highest BCUT2D eigenvalue weighted by Gasteiger charge is 2.38. The lowest BCUT2D eigenvalue weighted by Gasteiger charge is -2.02. The summed E-state index contributed by atoms with van der Waals surface area (Å²) in [6.07, 6.45) is 1.09. The predicted octanol–water partition coefficient (Wildman–Crippen LogP) is 2.54. The van der Waals surface area contributed by atoms with Gasteiger partial charge in [0.2, 0.25) is 0 Å². The fourth-order valence-corrected chi connectivity index (χ4v) is 2.00. The second-order valence-corrected chi connectivity index (χ2v) is 3.91. The molecule has 0 aliphatic heterocycles. The van der Waals surface area contributed by atoms with E-state index >= 15 is 0 Å². The van der Waals surface area contributed by atoms with Gasteiger partial charge in [0.1, 0.15) is 5.82 Å². The van der Waals surface area contributed by atoms with Crippen LogP contribution in [0.15, 0.2) is 18.2 Å². The molecule has 0 bridgehead atoms. The van der Waals surface area contributed by atoms with Crippen molar-refractivity contribution in [3.8, 4) is 0 Å². The van der Waals surface area contributed by atoms with Crippen molar-refractivity contribution in [3.05, 3.63) is 34.6 Å². The lowest BCUT2D eigenvalue weighted by molar-refractivity contribution is 0.627. The van der Waals surface area contributed by atoms with Gasteiger partial charge in [-0.05, 0) is 42.5 Å². The van der Waals surface area contributed by atoms with Crippen LogP contribution in [0.1, 0.15) is 17.9 Å². The molecule has 13 heavy (non-hydrogen) atoms. The van der Waals surface area contributed by atoms with E-state index < -0.39 is 0 Å². The number of rotatable bonds is 2. The van der Waals surface area contributed by atoms with Crippen LogP contribution in [-0.2, 0) is 0 Å². The van der Waals surface area contributed by atoms with Crippen molar-refractivity contribution in [1.29, 1.82) is 0 Å². The molecule has 1 aromatic rings. The Bertz CT molecular complexity index is 327. The summed E-state index contributed by atoms with van der Waals surface area (Å²) >= 11 is 5.91. The van der Waals surface area contributed by atoms with Crippen LogP contribution in [0.3, 0.4) is 0 Å². The molecule has 0 saturated heterocycles. The van der Waals surface area contributed by atoms with Crippen LogP contribution in [0, 0.1) is 11.7 Å². The largest absolute Gasteiger partial charge is 0.330 e. The Morgan fingerprint density at radius 2 is 2.31 bits per heavy atom. The molecule has 1 aliphatic carbocycles. The Kier molecular flexibility index (Phi) is 2.26. The average Bonchev–Trinajstić information content (AvgIpc) is 2.83. The maximum Gasteiger partial charge on any atom is 0.124 e. The zero-order valence-electron chi connectivity index (χ0n) is 7.13. The molecule has 0 heterocycles. The molecule has 0 amide bonds. The minimum Gasteiger partial charge on any atom is -0.330 e. The molecule has 1 saturated carbocycles. The van der Waals surface area contributed by atoms with Crippen LogP contribution >= 0.6 is 11.6 Å². The molecular formula is C10H11ClFN. The molecule has 1 aromatic carbocycles. The summed E-state index contributed by atoms with van der Waals surface area (Å²) in [4.78, 5) is 0. The van der Waals surface area contributed by atoms with Crippen LogP contribution in [0.25, 0.3) is 0 Å². The molecule has 1 fully saturated rings. The van der Waals surface area contributed by atoms with Crippen molar-refractivity contribution in [2.24, 2.45) is 11.7 Å². The first-order valence-electron chi connectivity index (χ1n) is 4.37. The molecule has 2 N–H and O–H groups in total. The van der Waals surface area contributed by atoms with Crippen molar-refractivity contribution in [3.63, 3.8) is 0 Å². The van der Waals surface area contributed by atoms with Gasteiger partial charge in [0, 0.05) is 5.02 Å². The summed E-state index contributed by atoms with van der Waals surface area (Å²) in [6, 6.07) is 4.58. The van der Waals surface area contributed by atoms with Crippen molar-refractivity contribution < 1.29 is 4.39 Å². The van der Waals surface area contributed by atoms with Crippen LogP contribution in [0.4, 0.5) is 4.39 Å². The van der Waals surface area contributed by atoms with Crippen LogP contribution in [-0.4, -0.2) is 6.54 Å². The van der Waals surface area contributed by atoms with Crippen molar-refractivity contribution in [2.45, 2.75) is 12.3 Å². The molecule has 70 valence electrons. The lowest BCUT2D eigenvalue weighted by atomic mass is 10.1. The highest BCUT2D eigenvalue weighted by Crippen LogP contribution is 2.48. The fraction of sp³-hybridized carbons (Fsp3) is 0.400. The highest BCUT2D eigenvalue weighted by atomic mass is 35.5. The van der Waals surface area contributed by atoms with Crippen LogP contribution < -0.4 is 5.73 Å². The van der Waals surface area contributed by atoms with Gasteiger partial charge in [0.05, 0.1) is 0 Å². The van der Waals surface area contributed by atoms with Gasteiger partial charge in [-0.15, -0.1) is 0 Å². The first-order valence-corrected chi connectivity index (χ1v) is 4.75. The predicted molar refractivity (Wildman–Crippen MR) is 51.3 cm³/mol. The van der Waals surface area contributed by atoms with Gasteiger partial charge >= 0.3 is 0 Å². The standard InChI is InChI=1S/C10H11ClFN/c11-10-4-7(12)1-2-8(10)9-3-6(9)5-13/h1-2,4,6,9H,3,5,13H2. The van der Waals surface area contributed by atoms with Crippen molar-refractivity contribution in [2.75, 3.05) is 6.54 Å². The van der Waals surface area contributed by atoms with Crippen LogP contribution in [0.5, 0.6) is 0 Å². The van der Waals surface area contributed by atoms with Gasteiger partial charge in [-0.25, -0.2) is 4.39 Å². The first kappa shape index (κ1) is 8.97. The Morgan fingerprint density at radius 3 is 2.85 bits per heavy atom. The maximum atomic E-state index is 12.7. The molecule has 0 spiro atoms. The minimum atomic E-state index is -0.279. The van der Waals surface area contributed by atoms with E-state index in [0.717, 1.165) is 12.0 Å². The molecule has 1 nitrogen and oxygen atoms in total. The minimum absolute atomic E-state index is 0.279. The van der Waals surface area contributed by atoms with Crippen molar-refractivity contribution in [1.82, 2.24) is 0 Å². The smallest absolute Gasteiger partial charge is 0.124 e. The molecule has 1 aliphatic rings. The van der Waals surface area contributed by atoms with E-state index in [0.29, 0.717) is 23.4 Å². The topological polar surface area (TPSA) is 26.0 Å². The Balaban J connectivity index is 2.22. The molecule has 2 unspecified atom stereocenters. The Morgan fingerprint density at radius 1 is 1.54 bits per heavy atom. The third-order valence-corrected chi connectivity index (χ3v) is 2.91. The molecule has 2 rings (SSSR count). The molecule has 0 aromatic heterocycles. The van der Waals surface area contributed by atoms with E-state index in [1.165, 1.54) is 12.1 Å². The van der Waals surface area contributed by atoms with Crippen LogP contribution in [0.2, 0.25) is 5.02 Å². The van der Waals surface area contributed by atoms with Gasteiger partial charge in [-0.1, -0.05) is 17.7 Å². The normalized spacial score (nSPS) is 26.1. The molecule has 2 atom stereocenters. The number of hydrogen-bond acceptors (Lipinski definition) is 1. The molecule has 0 radical (unpaired) electrons. The quantitative estimate of drug-likeness (QED) is 0.779. The Hall–Kier alpha value is -0.600. The number of nitrogens with two attached hydrogens (primary N) is 1. The van der Waals surface area contributed by atoms with Crippen molar-refractivity contribution >= 4 is 11.6 Å². The monoisotopic (exact) mass is 199 g/mol. The fourth-order valence-electron chi connectivity index (χ4n) is 1.69. The summed E-state index contributed by atoms with van der Waals surface area (Å²) < 4.78 is 12.7. The zero-order valence-corrected chi connectivity index (χ0v) is 7.89. The van der Waals surface area contributed by atoms with E-state index in [-0.39, 0.29) is 5.82 Å². The van der Waals surface area contributed by atoms with E-state index in [1.54, 1.807) is 6.07 Å². The molecular weight excluding hydrogens is 189 g/mol. The average molecular weight is 200 g/mol. The third kappa shape index (κ3) is 1.69. The van der Waals surface area contributed by atoms with Gasteiger partial charge < -0.3 is 5.73 Å². The summed E-state index contributed by atoms with van der Waals surface area (Å²) in [7, 11) is 0. The van der Waals surface area contributed by atoms with Gasteiger partial charge in [0.25, 0.3) is 0 Å². The van der Waals surface area contributed by atoms with E-state index in [2.05, 4.69) is 0 Å². The van der Waals surface area contributed by atoms with E-state index in [4.69, 9.17) is 17.3 Å². The second-order valence-electron chi connectivity index (χ2n) is 3.50. The summed E-state index contributed by atoms with van der Waals surface area (Å²) in [5.74, 6) is 0.722. The maximum absolute atomic E-state index is 12.7.